The molecule has 0 radical (unpaired) electrons. The lowest BCUT2D eigenvalue weighted by atomic mass is 9.85. The molecule has 2 aromatic heterocycles. The molecule has 4 aromatic carbocycles. The van der Waals surface area contributed by atoms with Crippen molar-refractivity contribution < 1.29 is 61.4 Å². The van der Waals surface area contributed by atoms with Gasteiger partial charge in [-0.1, -0.05) is 64.1 Å². The van der Waals surface area contributed by atoms with E-state index in [1.54, 1.807) is 31.4 Å². The summed E-state index contributed by atoms with van der Waals surface area (Å²) >= 11 is 5.55. The van der Waals surface area contributed by atoms with E-state index in [2.05, 4.69) is 41.9 Å². The van der Waals surface area contributed by atoms with E-state index in [1.807, 2.05) is 37.3 Å². The number of sulfonamides is 1. The number of hydrogen-bond acceptors (Lipinski definition) is 15. The zero-order valence-corrected chi connectivity index (χ0v) is 50.5. The smallest absolute Gasteiger partial charge is 0.355 e. The number of primary amides is 1. The summed E-state index contributed by atoms with van der Waals surface area (Å²) in [5, 5.41) is 29.5. The first-order valence-electron chi connectivity index (χ1n) is 28.7. The van der Waals surface area contributed by atoms with Crippen molar-refractivity contribution in [3.05, 3.63) is 142 Å². The molecule has 9 rings (SSSR count). The number of carbonyl (C=O) groups excluding carboxylic acids is 7. The largest absolute Gasteiger partial charge is 0.481 e. The number of nitrogens with two attached hydrogens (primary N) is 1. The van der Waals surface area contributed by atoms with E-state index in [-0.39, 0.29) is 76.3 Å². The second kappa shape index (κ2) is 27.0. The highest BCUT2D eigenvalue weighted by atomic mass is 32.2. The third kappa shape index (κ3) is 14.4. The van der Waals surface area contributed by atoms with Crippen LogP contribution in [0.15, 0.2) is 119 Å². The lowest BCUT2D eigenvalue weighted by molar-refractivity contribution is -0.191. The lowest BCUT2D eigenvalue weighted by Gasteiger charge is -2.37. The quantitative estimate of drug-likeness (QED) is 0.0289. The molecule has 28 heteroatoms. The average molecular weight is 1260 g/mol. The van der Waals surface area contributed by atoms with Gasteiger partial charge in [-0.15, -0.1) is 0 Å². The Morgan fingerprint density at radius 3 is 2.25 bits per heavy atom. The Kier molecular flexibility index (Phi) is 19.3. The van der Waals surface area contributed by atoms with Crippen molar-refractivity contribution in [2.24, 2.45) is 11.7 Å². The first-order chi connectivity index (χ1) is 42.5. The molecular formula is C61H66N12O14S2. The van der Waals surface area contributed by atoms with Crippen LogP contribution in [-0.4, -0.2) is 112 Å². The molecule has 0 aliphatic carbocycles. The number of carboxylic acids is 1. The fourth-order valence-electron chi connectivity index (χ4n) is 10.9. The SMILES string of the molecule is CCCNC(=O)Nc1cccc(S(=O)(=O)Nc2cccc(C(CC(=O)O)NC(=O)Nc3ccc(NC(=S)NC(CC(N)=O)C(=O)N4CCC[C@H]4C(=O)N[C@H](C(=O)O[C@]4(CC)C(=O)OCc5c4cc4n(c5=O)Cc5cc6ccccc6nc5-4)C(C)C)cc3)c2)c1. The standard InChI is InChI=1S/C61H66N12O14S2/c1-5-23-63-58(82)65-39-14-10-16-41(27-39)89(84,85)71-40-15-9-13-35(26-40)45(30-50(75)76)68-59(83)64-37-19-21-38(22-20-37)66-60(88)69-46(29-49(62)74)55(79)72-24-11-18-47(72)53(77)70-51(33(3)4)56(80)87-61(6-2)43-28-48-52-36(25-34-12-7-8-17-44(34)67-52)31-73(48)54(78)42(43)32-86-57(61)81/h7-10,12-17,19-22,25-28,33,45-47,51,71H,5-6,11,18,23-24,29-32H2,1-4H3,(H2,62,74)(H,70,77)(H,75,76)(H2,63,65,82)(H2,64,68,83)(H2,66,69,88)/t45?,46?,47-,51-,61-/m0/s1. The van der Waals surface area contributed by atoms with Crippen molar-refractivity contribution in [1.82, 2.24) is 35.7 Å². The maximum absolute atomic E-state index is 14.4. The van der Waals surface area contributed by atoms with Gasteiger partial charge in [0.2, 0.25) is 23.3 Å². The number of hydrogen-bond donors (Lipinski definition) is 10. The number of pyridine rings is 2. The van der Waals surface area contributed by atoms with E-state index >= 15 is 0 Å². The Morgan fingerprint density at radius 2 is 1.54 bits per heavy atom. The molecule has 1 fully saturated rings. The number of ether oxygens (including phenoxy) is 2. The van der Waals surface area contributed by atoms with Crippen LogP contribution in [0.25, 0.3) is 22.3 Å². The zero-order valence-electron chi connectivity index (χ0n) is 48.8. The highest BCUT2D eigenvalue weighted by molar-refractivity contribution is 7.92. The number of para-hydroxylation sites is 1. The molecule has 1 saturated heterocycles. The normalized spacial score (nSPS) is 16.7. The van der Waals surface area contributed by atoms with Crippen molar-refractivity contribution in [3.8, 4) is 11.4 Å². The van der Waals surface area contributed by atoms with E-state index in [0.717, 1.165) is 10.9 Å². The average Bonchev–Trinajstić information content (AvgIpc) is 1.81. The molecule has 89 heavy (non-hydrogen) atoms. The maximum atomic E-state index is 14.4. The van der Waals surface area contributed by atoms with Gasteiger partial charge in [0.1, 0.15) is 24.7 Å². The monoisotopic (exact) mass is 1250 g/mol. The molecule has 0 saturated carbocycles. The molecule has 3 aliphatic heterocycles. The van der Waals surface area contributed by atoms with Crippen LogP contribution in [0.3, 0.4) is 0 Å². The van der Waals surface area contributed by atoms with Crippen molar-refractivity contribution in [3.63, 3.8) is 0 Å². The number of fused-ring (bicyclic) bond motifs is 5. The van der Waals surface area contributed by atoms with Gasteiger partial charge >= 0.3 is 30.0 Å². The van der Waals surface area contributed by atoms with Gasteiger partial charge in [0.25, 0.3) is 15.6 Å². The summed E-state index contributed by atoms with van der Waals surface area (Å²) in [6, 6.07) is 22.2. The summed E-state index contributed by atoms with van der Waals surface area (Å²) < 4.78 is 42.6. The fourth-order valence-corrected chi connectivity index (χ4v) is 12.2. The van der Waals surface area contributed by atoms with Crippen LogP contribution < -0.4 is 53.2 Å². The van der Waals surface area contributed by atoms with Crippen molar-refractivity contribution >= 4 is 109 Å². The van der Waals surface area contributed by atoms with Gasteiger partial charge in [0, 0.05) is 52.4 Å². The lowest BCUT2D eigenvalue weighted by Crippen LogP contribution is -2.58. The third-order valence-electron chi connectivity index (χ3n) is 15.3. The topological polar surface area (TPSA) is 370 Å². The first-order valence-corrected chi connectivity index (χ1v) is 30.6. The van der Waals surface area contributed by atoms with E-state index in [0.29, 0.717) is 42.0 Å². The second-order valence-electron chi connectivity index (χ2n) is 21.9. The van der Waals surface area contributed by atoms with Crippen LogP contribution in [0, 0.1) is 5.92 Å². The van der Waals surface area contributed by atoms with Gasteiger partial charge in [-0.2, -0.15) is 0 Å². The van der Waals surface area contributed by atoms with Crippen LogP contribution in [0.2, 0.25) is 0 Å². The zero-order chi connectivity index (χ0) is 63.9. The number of likely N-dealkylation sites (tertiary alicyclic amines) is 1. The number of aliphatic carboxylic acids is 1. The second-order valence-corrected chi connectivity index (χ2v) is 24.0. The molecule has 26 nitrogen and oxygen atoms in total. The van der Waals surface area contributed by atoms with Crippen LogP contribution in [0.5, 0.6) is 0 Å². The van der Waals surface area contributed by atoms with Crippen molar-refractivity contribution in [2.75, 3.05) is 33.8 Å². The van der Waals surface area contributed by atoms with Gasteiger partial charge < -0.3 is 67.0 Å². The van der Waals surface area contributed by atoms with Gasteiger partial charge in [-0.3, -0.25) is 28.7 Å². The number of urea groups is 2. The Bertz CT molecular complexity index is 3990. The number of amides is 7. The predicted molar refractivity (Wildman–Crippen MR) is 331 cm³/mol. The third-order valence-corrected chi connectivity index (χ3v) is 16.9. The minimum Gasteiger partial charge on any atom is -0.481 e. The maximum Gasteiger partial charge on any atom is 0.355 e. The number of anilines is 4. The molecule has 7 amide bonds. The molecule has 6 aromatic rings. The molecule has 11 N–H and O–H groups in total. The van der Waals surface area contributed by atoms with Crippen LogP contribution >= 0.6 is 12.2 Å². The number of carboxylic acid groups (broad SMARTS) is 1. The van der Waals surface area contributed by atoms with E-state index in [4.69, 9.17) is 32.4 Å². The van der Waals surface area contributed by atoms with Gasteiger partial charge in [-0.05, 0) is 122 Å². The highest BCUT2D eigenvalue weighted by Gasteiger charge is 2.52. The Labute approximate surface area is 516 Å². The molecule has 466 valence electrons. The number of thiocarbonyl (C=S) groups is 1. The van der Waals surface area contributed by atoms with Crippen LogP contribution in [-0.2, 0) is 67.0 Å². The Hall–Kier alpha value is -9.96. The van der Waals surface area contributed by atoms with Crippen molar-refractivity contribution in [1.29, 1.82) is 0 Å². The van der Waals surface area contributed by atoms with E-state index in [1.165, 1.54) is 77.7 Å². The molecule has 3 aliphatic rings. The molecule has 5 atom stereocenters. The highest BCUT2D eigenvalue weighted by Crippen LogP contribution is 2.41. The number of benzene rings is 4. The molecule has 5 heterocycles. The molecule has 2 unspecified atom stereocenters. The van der Waals surface area contributed by atoms with E-state index < -0.39 is 112 Å². The first kappa shape index (κ1) is 63.5. The summed E-state index contributed by atoms with van der Waals surface area (Å²) in [4.78, 5) is 127. The summed E-state index contributed by atoms with van der Waals surface area (Å²) in [6.07, 6.45) is 0.00130. The summed E-state index contributed by atoms with van der Waals surface area (Å²) in [6.45, 7) is 7.20. The van der Waals surface area contributed by atoms with Crippen molar-refractivity contribution in [2.45, 2.75) is 114 Å². The van der Waals surface area contributed by atoms with Gasteiger partial charge in [0.05, 0.1) is 52.8 Å². The number of aromatic nitrogens is 2. The minimum absolute atomic E-state index is 0.0631. The number of rotatable bonds is 22. The van der Waals surface area contributed by atoms with Gasteiger partial charge in [-0.25, -0.2) is 32.6 Å². The summed E-state index contributed by atoms with van der Waals surface area (Å²) in [7, 11) is -4.21. The number of esters is 2. The number of nitrogens with one attached hydrogen (secondary N) is 8. The summed E-state index contributed by atoms with van der Waals surface area (Å²) in [5.74, 6) is -6.05. The molecule has 0 bridgehead atoms. The fraction of sp³-hybridized carbons (Fsp3) is 0.328. The van der Waals surface area contributed by atoms with Crippen LogP contribution in [0.4, 0.5) is 32.3 Å². The number of nitrogens with zero attached hydrogens (tertiary/aromatic N) is 3. The Morgan fingerprint density at radius 1 is 0.831 bits per heavy atom. The van der Waals surface area contributed by atoms with Crippen LogP contribution in [0.1, 0.15) is 94.5 Å². The predicted octanol–water partition coefficient (Wildman–Crippen LogP) is 5.66. The summed E-state index contributed by atoms with van der Waals surface area (Å²) in [5.41, 5.74) is 7.05. The van der Waals surface area contributed by atoms with E-state index in [9.17, 15) is 56.7 Å². The van der Waals surface area contributed by atoms with Gasteiger partial charge in [0.15, 0.2) is 5.11 Å². The number of carbonyl (C=O) groups is 8. The molecule has 0 spiro atoms. The molecular weight excluding hydrogens is 1190 g/mol. The Balaban J connectivity index is 0.813. The minimum atomic E-state index is -4.21. The number of cyclic esters (lactones) is 1.